The van der Waals surface area contributed by atoms with E-state index in [2.05, 4.69) is 30.8 Å². The van der Waals surface area contributed by atoms with E-state index in [1.54, 1.807) is 7.11 Å². The Labute approximate surface area is 126 Å². The van der Waals surface area contributed by atoms with Gasteiger partial charge in [-0.2, -0.15) is 0 Å². The number of hydrogen-bond donors (Lipinski definition) is 1. The summed E-state index contributed by atoms with van der Waals surface area (Å²) in [7, 11) is 1.65. The van der Waals surface area contributed by atoms with Crippen molar-refractivity contribution in [3.8, 4) is 11.5 Å². The van der Waals surface area contributed by atoms with Crippen molar-refractivity contribution in [3.63, 3.8) is 0 Å². The highest BCUT2D eigenvalue weighted by Crippen LogP contribution is 2.22. The third kappa shape index (κ3) is 2.66. The van der Waals surface area contributed by atoms with E-state index in [1.165, 1.54) is 5.69 Å². The normalized spacial score (nSPS) is 13.9. The largest absolute Gasteiger partial charge is 0.497 e. The lowest BCUT2D eigenvalue weighted by molar-refractivity contribution is 0.286. The third-order valence-corrected chi connectivity index (χ3v) is 3.97. The minimum Gasteiger partial charge on any atom is -0.497 e. The molecular formula is C14H16BrN3O2. The summed E-state index contributed by atoms with van der Waals surface area (Å²) in [5.74, 6) is 2.58. The number of nitrogens with one attached hydrogen (secondary N) is 1. The molecule has 1 aliphatic heterocycles. The quantitative estimate of drug-likeness (QED) is 0.930. The van der Waals surface area contributed by atoms with Crippen molar-refractivity contribution >= 4 is 15.9 Å². The van der Waals surface area contributed by atoms with Gasteiger partial charge >= 0.3 is 0 Å². The lowest BCUT2D eigenvalue weighted by Crippen LogP contribution is -2.29. The van der Waals surface area contributed by atoms with E-state index in [9.17, 15) is 0 Å². The fourth-order valence-corrected chi connectivity index (χ4v) is 2.82. The SMILES string of the molecule is COc1ccc(OCc2nc(Br)c3n2CCNC3)cc1. The van der Waals surface area contributed by atoms with Gasteiger partial charge in [-0.05, 0) is 40.2 Å². The van der Waals surface area contributed by atoms with Gasteiger partial charge in [0.15, 0.2) is 0 Å². The maximum Gasteiger partial charge on any atom is 0.148 e. The molecule has 0 radical (unpaired) electrons. The third-order valence-electron chi connectivity index (χ3n) is 3.33. The van der Waals surface area contributed by atoms with Gasteiger partial charge < -0.3 is 19.4 Å². The average Bonchev–Trinajstić information content (AvgIpc) is 2.83. The summed E-state index contributed by atoms with van der Waals surface area (Å²) in [6, 6.07) is 7.57. The molecule has 0 saturated heterocycles. The van der Waals surface area contributed by atoms with Crippen molar-refractivity contribution in [1.82, 2.24) is 14.9 Å². The Kier molecular flexibility index (Phi) is 3.93. The smallest absolute Gasteiger partial charge is 0.148 e. The second kappa shape index (κ2) is 5.85. The van der Waals surface area contributed by atoms with Gasteiger partial charge in [0.05, 0.1) is 12.8 Å². The van der Waals surface area contributed by atoms with Gasteiger partial charge in [0.1, 0.15) is 28.5 Å². The van der Waals surface area contributed by atoms with Crippen molar-refractivity contribution in [2.45, 2.75) is 19.7 Å². The summed E-state index contributed by atoms with van der Waals surface area (Å²) in [5, 5.41) is 3.34. The molecule has 0 aliphatic carbocycles. The molecule has 5 nitrogen and oxygen atoms in total. The number of aromatic nitrogens is 2. The van der Waals surface area contributed by atoms with Crippen LogP contribution in [0.5, 0.6) is 11.5 Å². The molecule has 6 heteroatoms. The fourth-order valence-electron chi connectivity index (χ4n) is 2.27. The summed E-state index contributed by atoms with van der Waals surface area (Å²) in [6.45, 7) is 3.20. The second-order valence-electron chi connectivity index (χ2n) is 4.56. The molecule has 0 saturated carbocycles. The minimum atomic E-state index is 0.463. The minimum absolute atomic E-state index is 0.463. The number of imidazole rings is 1. The van der Waals surface area contributed by atoms with Crippen LogP contribution in [0.15, 0.2) is 28.9 Å². The molecule has 1 aliphatic rings. The Balaban J connectivity index is 1.71. The molecule has 106 valence electrons. The number of benzene rings is 1. The molecule has 20 heavy (non-hydrogen) atoms. The van der Waals surface area contributed by atoms with Gasteiger partial charge in [0.25, 0.3) is 0 Å². The van der Waals surface area contributed by atoms with E-state index in [-0.39, 0.29) is 0 Å². The molecule has 1 aromatic heterocycles. The van der Waals surface area contributed by atoms with Crippen LogP contribution in [0.25, 0.3) is 0 Å². The Morgan fingerprint density at radius 2 is 2.05 bits per heavy atom. The van der Waals surface area contributed by atoms with Gasteiger partial charge in [0.2, 0.25) is 0 Å². The zero-order valence-corrected chi connectivity index (χ0v) is 12.8. The van der Waals surface area contributed by atoms with Gasteiger partial charge in [-0.15, -0.1) is 0 Å². The van der Waals surface area contributed by atoms with Crippen molar-refractivity contribution in [1.29, 1.82) is 0 Å². The number of methoxy groups -OCH3 is 1. The number of hydrogen-bond acceptors (Lipinski definition) is 4. The number of rotatable bonds is 4. The van der Waals surface area contributed by atoms with Crippen molar-refractivity contribution < 1.29 is 9.47 Å². The van der Waals surface area contributed by atoms with Crippen LogP contribution in [0.2, 0.25) is 0 Å². The lowest BCUT2D eigenvalue weighted by Gasteiger charge is -2.18. The van der Waals surface area contributed by atoms with Crippen molar-refractivity contribution in [2.24, 2.45) is 0 Å². The molecular weight excluding hydrogens is 322 g/mol. The standard InChI is InChI=1S/C14H16BrN3O2/c1-19-10-2-4-11(5-3-10)20-9-13-17-14(15)12-8-16-6-7-18(12)13/h2-5,16H,6-9H2,1H3. The molecule has 0 spiro atoms. The second-order valence-corrected chi connectivity index (χ2v) is 5.31. The predicted octanol–water partition coefficient (Wildman–Crippen LogP) is 2.34. The van der Waals surface area contributed by atoms with Crippen molar-refractivity contribution in [3.05, 3.63) is 40.4 Å². The van der Waals surface area contributed by atoms with Crippen LogP contribution in [-0.4, -0.2) is 23.2 Å². The van der Waals surface area contributed by atoms with E-state index in [0.717, 1.165) is 41.6 Å². The molecule has 2 aromatic rings. The lowest BCUT2D eigenvalue weighted by atomic mass is 10.3. The van der Waals surface area contributed by atoms with Crippen LogP contribution in [0.1, 0.15) is 11.5 Å². The van der Waals surface area contributed by atoms with Crippen LogP contribution in [-0.2, 0) is 19.7 Å². The molecule has 1 N–H and O–H groups in total. The first-order chi connectivity index (χ1) is 9.78. The van der Waals surface area contributed by atoms with E-state index in [0.29, 0.717) is 6.61 Å². The Morgan fingerprint density at radius 3 is 2.80 bits per heavy atom. The van der Waals surface area contributed by atoms with Gasteiger partial charge in [0, 0.05) is 19.6 Å². The zero-order valence-electron chi connectivity index (χ0n) is 11.2. The van der Waals surface area contributed by atoms with E-state index in [1.807, 2.05) is 24.3 Å². The molecule has 1 aromatic carbocycles. The maximum atomic E-state index is 5.79. The van der Waals surface area contributed by atoms with E-state index >= 15 is 0 Å². The highest BCUT2D eigenvalue weighted by atomic mass is 79.9. The highest BCUT2D eigenvalue weighted by Gasteiger charge is 2.18. The van der Waals surface area contributed by atoms with Crippen LogP contribution < -0.4 is 14.8 Å². The van der Waals surface area contributed by atoms with E-state index < -0.39 is 0 Å². The zero-order chi connectivity index (χ0) is 13.9. The van der Waals surface area contributed by atoms with Crippen LogP contribution in [0.3, 0.4) is 0 Å². The monoisotopic (exact) mass is 337 g/mol. The Bertz CT molecular complexity index is 595. The summed E-state index contributed by atoms with van der Waals surface area (Å²) in [6.07, 6.45) is 0. The first-order valence-electron chi connectivity index (χ1n) is 6.49. The van der Waals surface area contributed by atoms with E-state index in [4.69, 9.17) is 9.47 Å². The highest BCUT2D eigenvalue weighted by molar-refractivity contribution is 9.10. The Morgan fingerprint density at radius 1 is 1.30 bits per heavy atom. The summed E-state index contributed by atoms with van der Waals surface area (Å²) >= 11 is 3.50. The molecule has 0 amide bonds. The van der Waals surface area contributed by atoms with Gasteiger partial charge in [-0.3, -0.25) is 0 Å². The fraction of sp³-hybridized carbons (Fsp3) is 0.357. The number of ether oxygens (including phenoxy) is 2. The first kappa shape index (κ1) is 13.5. The predicted molar refractivity (Wildman–Crippen MR) is 79.0 cm³/mol. The van der Waals surface area contributed by atoms with Crippen molar-refractivity contribution in [2.75, 3.05) is 13.7 Å². The Hall–Kier alpha value is -1.53. The first-order valence-corrected chi connectivity index (χ1v) is 7.28. The molecule has 0 bridgehead atoms. The molecule has 0 fully saturated rings. The van der Waals surface area contributed by atoms with Crippen LogP contribution in [0.4, 0.5) is 0 Å². The average molecular weight is 338 g/mol. The summed E-state index contributed by atoms with van der Waals surface area (Å²) in [5.41, 5.74) is 1.18. The van der Waals surface area contributed by atoms with Gasteiger partial charge in [-0.1, -0.05) is 0 Å². The maximum absolute atomic E-state index is 5.79. The summed E-state index contributed by atoms with van der Waals surface area (Å²) in [4.78, 5) is 4.53. The molecule has 3 rings (SSSR count). The van der Waals surface area contributed by atoms with Crippen LogP contribution >= 0.6 is 15.9 Å². The number of halogens is 1. The van der Waals surface area contributed by atoms with Gasteiger partial charge in [-0.25, -0.2) is 4.98 Å². The molecule has 0 unspecified atom stereocenters. The van der Waals surface area contributed by atoms with Crippen LogP contribution in [0, 0.1) is 0 Å². The topological polar surface area (TPSA) is 48.3 Å². The molecule has 0 atom stereocenters. The number of fused-ring (bicyclic) bond motifs is 1. The molecule has 2 heterocycles. The number of nitrogens with zero attached hydrogens (tertiary/aromatic N) is 2. The summed E-state index contributed by atoms with van der Waals surface area (Å²) < 4.78 is 14.0.